The highest BCUT2D eigenvalue weighted by atomic mass is 35.5. The second-order valence-electron chi connectivity index (χ2n) is 14.5. The molecule has 0 saturated carbocycles. The molecule has 298 valence electrons. The monoisotopic (exact) mass is 816 g/mol. The Kier molecular flexibility index (Phi) is 12.5. The van der Waals surface area contributed by atoms with Crippen LogP contribution in [0.5, 0.6) is 5.88 Å². The fourth-order valence-corrected chi connectivity index (χ4v) is 7.16. The van der Waals surface area contributed by atoms with Crippen LogP contribution in [-0.4, -0.2) is 85.4 Å². The largest absolute Gasteiger partial charge is 0.481 e. The minimum absolute atomic E-state index is 0.0625. The predicted octanol–water partition coefficient (Wildman–Crippen LogP) is 5.96. The molecular weight excluding hydrogens is 775 g/mol. The molecule has 0 bridgehead atoms. The van der Waals surface area contributed by atoms with E-state index in [0.29, 0.717) is 67.6 Å². The fourth-order valence-electron chi connectivity index (χ4n) is 6.50. The van der Waals surface area contributed by atoms with Crippen LogP contribution in [-0.2, 0) is 27.4 Å². The normalized spacial score (nSPS) is 14.6. The van der Waals surface area contributed by atoms with E-state index in [0.717, 1.165) is 0 Å². The number of benzene rings is 2. The minimum Gasteiger partial charge on any atom is -0.481 e. The molecule has 2 amide bonds. The molecule has 6 rings (SSSR count). The van der Waals surface area contributed by atoms with Gasteiger partial charge in [0.05, 0.1) is 41.6 Å². The molecule has 16 heteroatoms. The molecule has 57 heavy (non-hydrogen) atoms. The third-order valence-electron chi connectivity index (χ3n) is 9.35. The maximum Gasteiger partial charge on any atom is 0.410 e. The van der Waals surface area contributed by atoms with Gasteiger partial charge in [0, 0.05) is 65.8 Å². The number of fused-ring (bicyclic) bond motifs is 1. The van der Waals surface area contributed by atoms with E-state index in [-0.39, 0.29) is 48.6 Å². The number of methoxy groups -OCH3 is 1. The number of pyridine rings is 2. The van der Waals surface area contributed by atoms with Gasteiger partial charge in [0.15, 0.2) is 0 Å². The Morgan fingerprint density at radius 3 is 2.33 bits per heavy atom. The number of carboxylic acids is 1. The van der Waals surface area contributed by atoms with Gasteiger partial charge < -0.3 is 29.9 Å². The van der Waals surface area contributed by atoms with Crippen molar-refractivity contribution >= 4 is 46.8 Å². The number of amides is 2. The Bertz CT molecular complexity index is 2400. The van der Waals surface area contributed by atoms with E-state index >= 15 is 0 Å². The van der Waals surface area contributed by atoms with Crippen molar-refractivity contribution in [2.75, 3.05) is 20.3 Å². The number of nitrogens with one attached hydrogen (secondary N) is 2. The van der Waals surface area contributed by atoms with Crippen LogP contribution in [0.25, 0.3) is 39.2 Å². The zero-order chi connectivity index (χ0) is 41.0. The van der Waals surface area contributed by atoms with Gasteiger partial charge in [-0.1, -0.05) is 65.7 Å². The number of carbonyl (C=O) groups excluding carboxylic acids is 2. The Morgan fingerprint density at radius 2 is 1.70 bits per heavy atom. The lowest BCUT2D eigenvalue weighted by Gasteiger charge is -2.29. The van der Waals surface area contributed by atoms with E-state index in [1.807, 2.05) is 36.4 Å². The number of hydrogen-bond acceptors (Lipinski definition) is 10. The van der Waals surface area contributed by atoms with Crippen molar-refractivity contribution in [3.63, 3.8) is 0 Å². The zero-order valence-corrected chi connectivity index (χ0v) is 33.2. The van der Waals surface area contributed by atoms with Crippen LogP contribution in [0.2, 0.25) is 10.0 Å². The summed E-state index contributed by atoms with van der Waals surface area (Å²) in [4.78, 5) is 60.7. The molecule has 2 atom stereocenters. The summed E-state index contributed by atoms with van der Waals surface area (Å²) >= 11 is 14.2. The van der Waals surface area contributed by atoms with Gasteiger partial charge >= 0.3 is 12.1 Å². The Hall–Kier alpha value is -5.54. The molecule has 4 N–H and O–H groups in total. The highest BCUT2D eigenvalue weighted by Gasteiger charge is 2.29. The molecule has 3 aromatic heterocycles. The molecule has 5 aromatic rings. The molecule has 1 aliphatic heterocycles. The second-order valence-corrected chi connectivity index (χ2v) is 15.3. The van der Waals surface area contributed by atoms with Crippen LogP contribution in [0.4, 0.5) is 4.79 Å². The van der Waals surface area contributed by atoms with Gasteiger partial charge in [-0.05, 0) is 51.0 Å². The zero-order valence-electron chi connectivity index (χ0n) is 31.7. The van der Waals surface area contributed by atoms with Crippen molar-refractivity contribution in [1.82, 2.24) is 29.9 Å². The van der Waals surface area contributed by atoms with E-state index in [2.05, 4.69) is 20.6 Å². The number of ether oxygens (including phenoxy) is 2. The first-order valence-electron chi connectivity index (χ1n) is 18.1. The van der Waals surface area contributed by atoms with Crippen LogP contribution < -0.4 is 20.9 Å². The number of aliphatic hydroxyl groups excluding tert-OH is 1. The number of rotatable bonds is 13. The molecule has 1 fully saturated rings. The minimum atomic E-state index is -1.18. The lowest BCUT2D eigenvalue weighted by molar-refractivity contribution is -0.140. The van der Waals surface area contributed by atoms with E-state index < -0.39 is 30.3 Å². The number of aliphatic carboxylic acids is 1. The molecule has 0 spiro atoms. The molecule has 0 unspecified atom stereocenters. The van der Waals surface area contributed by atoms with Crippen LogP contribution in [0.1, 0.15) is 44.7 Å². The van der Waals surface area contributed by atoms with Gasteiger partial charge in [-0.15, -0.1) is 0 Å². The van der Waals surface area contributed by atoms with E-state index in [4.69, 9.17) is 32.7 Å². The highest BCUT2D eigenvalue weighted by molar-refractivity contribution is 6.39. The number of hydrogen-bond donors (Lipinski definition) is 4. The summed E-state index contributed by atoms with van der Waals surface area (Å²) in [6, 6.07) is 16.7. The first-order valence-corrected chi connectivity index (χ1v) is 18.9. The van der Waals surface area contributed by atoms with E-state index in [1.165, 1.54) is 22.6 Å². The van der Waals surface area contributed by atoms with Gasteiger partial charge in [0.1, 0.15) is 17.3 Å². The SMILES string of the molecule is COc1nc(-c2cccc(-c3cccc(-c4ccn5c(=O)c(CN(C[C@@H]6CCC(=O)N6)C(=O)OC(C)(C)C)cnc5c4)c3Cl)c2Cl)ccc1CN[C@@H](CO)C(=O)O. The van der Waals surface area contributed by atoms with Gasteiger partial charge in [-0.2, -0.15) is 0 Å². The van der Waals surface area contributed by atoms with Crippen molar-refractivity contribution in [3.05, 3.63) is 105 Å². The van der Waals surface area contributed by atoms with Crippen LogP contribution in [0, 0.1) is 0 Å². The average molecular weight is 818 g/mol. The fraction of sp³-hybridized carbons (Fsp3) is 0.317. The van der Waals surface area contributed by atoms with Gasteiger partial charge in [-0.3, -0.25) is 24.1 Å². The lowest BCUT2D eigenvalue weighted by Crippen LogP contribution is -2.44. The lowest BCUT2D eigenvalue weighted by atomic mass is 9.97. The molecule has 0 radical (unpaired) electrons. The van der Waals surface area contributed by atoms with Crippen molar-refractivity contribution in [3.8, 4) is 39.4 Å². The van der Waals surface area contributed by atoms with E-state index in [1.54, 1.807) is 51.2 Å². The quantitative estimate of drug-likeness (QED) is 0.110. The summed E-state index contributed by atoms with van der Waals surface area (Å²) in [6.07, 6.45) is 3.40. The van der Waals surface area contributed by atoms with Crippen LogP contribution in [0.3, 0.4) is 0 Å². The van der Waals surface area contributed by atoms with Crippen molar-refractivity contribution < 1.29 is 34.1 Å². The van der Waals surface area contributed by atoms with Crippen molar-refractivity contribution in [2.45, 2.75) is 64.4 Å². The Balaban J connectivity index is 1.27. The molecule has 1 saturated heterocycles. The average Bonchev–Trinajstić information content (AvgIpc) is 3.59. The topological polar surface area (TPSA) is 185 Å². The van der Waals surface area contributed by atoms with Crippen molar-refractivity contribution in [1.29, 1.82) is 0 Å². The number of halogens is 2. The van der Waals surface area contributed by atoms with Crippen LogP contribution in [0.15, 0.2) is 77.9 Å². The Labute approximate surface area is 338 Å². The first-order chi connectivity index (χ1) is 27.2. The summed E-state index contributed by atoms with van der Waals surface area (Å²) in [5.74, 6) is -0.998. The molecule has 2 aromatic carbocycles. The van der Waals surface area contributed by atoms with Gasteiger partial charge in [0.25, 0.3) is 5.56 Å². The maximum atomic E-state index is 13.7. The maximum absolute atomic E-state index is 13.7. The number of carboxylic acid groups (broad SMARTS) is 1. The second kappa shape index (κ2) is 17.3. The highest BCUT2D eigenvalue weighted by Crippen LogP contribution is 2.42. The summed E-state index contributed by atoms with van der Waals surface area (Å²) in [6.45, 7) is 4.93. The summed E-state index contributed by atoms with van der Waals surface area (Å²) < 4.78 is 12.5. The number of nitrogens with zero attached hydrogens (tertiary/aromatic N) is 4. The number of aliphatic hydroxyl groups is 1. The molecule has 4 heterocycles. The van der Waals surface area contributed by atoms with E-state index in [9.17, 15) is 29.4 Å². The summed E-state index contributed by atoms with van der Waals surface area (Å²) in [5.41, 5.74) is 3.89. The smallest absolute Gasteiger partial charge is 0.410 e. The summed E-state index contributed by atoms with van der Waals surface area (Å²) in [5, 5.41) is 25.1. The van der Waals surface area contributed by atoms with Crippen molar-refractivity contribution in [2.24, 2.45) is 0 Å². The van der Waals surface area contributed by atoms with Gasteiger partial charge in [0.2, 0.25) is 11.8 Å². The standard InChI is InChI=1S/C41H42Cl2N6O8/c1-41(2,3)57-40(55)48(21-26-12-14-34(51)46-26)20-25-19-45-33-17-23(15-16-49(33)38(25)52)27-7-5-8-28(35(27)42)29-9-6-10-30(36(29)43)31-13-11-24(37(47-31)56-4)18-44-32(22-50)39(53)54/h5-11,13,15-17,19,26,32,44,50H,12,14,18,20-22H2,1-4H3,(H,46,51)(H,53,54)/t26-,32-/m0/s1. The first kappa shape index (κ1) is 41.1. The molecular formula is C41H42Cl2N6O8. The molecule has 1 aliphatic rings. The molecule has 14 nitrogen and oxygen atoms in total. The number of aromatic nitrogens is 3. The van der Waals surface area contributed by atoms with Gasteiger partial charge in [-0.25, -0.2) is 14.8 Å². The predicted molar refractivity (Wildman–Crippen MR) is 215 cm³/mol. The Morgan fingerprint density at radius 1 is 1.02 bits per heavy atom. The summed E-state index contributed by atoms with van der Waals surface area (Å²) in [7, 11) is 1.46. The third kappa shape index (κ3) is 9.37. The third-order valence-corrected chi connectivity index (χ3v) is 10.2. The molecule has 0 aliphatic carbocycles. The van der Waals surface area contributed by atoms with Crippen LogP contribution >= 0.6 is 23.2 Å². The number of carbonyl (C=O) groups is 3.